The van der Waals surface area contributed by atoms with Gasteiger partial charge in [-0.05, 0) is 19.3 Å². The first-order chi connectivity index (χ1) is 9.58. The SMILES string of the molecule is CCCNc1cc(NCC2(CO)CC2)nc(C(C)C)n1. The third-order valence-electron chi connectivity index (χ3n) is 3.75. The molecule has 5 heteroatoms. The number of hydrogen-bond donors (Lipinski definition) is 3. The van der Waals surface area contributed by atoms with Gasteiger partial charge in [-0.2, -0.15) is 0 Å². The minimum Gasteiger partial charge on any atom is -0.396 e. The molecular weight excluding hydrogens is 252 g/mol. The number of aliphatic hydroxyl groups is 1. The lowest BCUT2D eigenvalue weighted by Gasteiger charge is -2.16. The third-order valence-corrected chi connectivity index (χ3v) is 3.75. The Morgan fingerprint density at radius 1 is 1.25 bits per heavy atom. The molecule has 0 spiro atoms. The van der Waals surface area contributed by atoms with Crippen LogP contribution in [-0.2, 0) is 0 Å². The van der Waals surface area contributed by atoms with Crippen molar-refractivity contribution in [1.29, 1.82) is 0 Å². The highest BCUT2D eigenvalue weighted by Crippen LogP contribution is 2.44. The van der Waals surface area contributed by atoms with Crippen LogP contribution in [0, 0.1) is 5.41 Å². The van der Waals surface area contributed by atoms with Crippen LogP contribution in [0.15, 0.2) is 6.07 Å². The molecule has 2 rings (SSSR count). The number of hydrogen-bond acceptors (Lipinski definition) is 5. The molecule has 0 bridgehead atoms. The molecule has 0 amide bonds. The van der Waals surface area contributed by atoms with E-state index in [4.69, 9.17) is 0 Å². The van der Waals surface area contributed by atoms with E-state index in [1.165, 1.54) is 0 Å². The van der Waals surface area contributed by atoms with Crippen LogP contribution in [0.5, 0.6) is 0 Å². The lowest BCUT2D eigenvalue weighted by atomic mass is 10.1. The van der Waals surface area contributed by atoms with Gasteiger partial charge in [0.1, 0.15) is 17.5 Å². The van der Waals surface area contributed by atoms with Crippen molar-refractivity contribution in [2.45, 2.75) is 46.0 Å². The summed E-state index contributed by atoms with van der Waals surface area (Å²) in [6.45, 7) is 8.27. The van der Waals surface area contributed by atoms with Crippen molar-refractivity contribution in [3.05, 3.63) is 11.9 Å². The molecule has 112 valence electrons. The number of nitrogens with one attached hydrogen (secondary N) is 2. The Balaban J connectivity index is 2.07. The van der Waals surface area contributed by atoms with Crippen LogP contribution < -0.4 is 10.6 Å². The number of aromatic nitrogens is 2. The van der Waals surface area contributed by atoms with Crippen molar-refractivity contribution in [3.8, 4) is 0 Å². The topological polar surface area (TPSA) is 70.1 Å². The van der Waals surface area contributed by atoms with Crippen LogP contribution in [0.25, 0.3) is 0 Å². The highest BCUT2D eigenvalue weighted by molar-refractivity contribution is 5.48. The molecule has 1 saturated carbocycles. The van der Waals surface area contributed by atoms with Gasteiger partial charge in [0.15, 0.2) is 0 Å². The van der Waals surface area contributed by atoms with Gasteiger partial charge in [-0.1, -0.05) is 20.8 Å². The Hall–Kier alpha value is -1.36. The van der Waals surface area contributed by atoms with Gasteiger partial charge < -0.3 is 15.7 Å². The Labute approximate surface area is 121 Å². The molecule has 5 nitrogen and oxygen atoms in total. The molecule has 1 fully saturated rings. The maximum atomic E-state index is 9.36. The standard InChI is InChI=1S/C15H26N4O/c1-4-7-16-12-8-13(19-14(18-12)11(2)3)17-9-15(10-20)5-6-15/h8,11,20H,4-7,9-10H2,1-3H3,(H2,16,17,18,19). The first-order valence-electron chi connectivity index (χ1n) is 7.56. The predicted molar refractivity (Wildman–Crippen MR) is 82.1 cm³/mol. The minimum absolute atomic E-state index is 0.0833. The molecule has 1 aromatic rings. The smallest absolute Gasteiger partial charge is 0.135 e. The molecule has 20 heavy (non-hydrogen) atoms. The summed E-state index contributed by atoms with van der Waals surface area (Å²) in [6, 6.07) is 1.95. The van der Waals surface area contributed by atoms with Gasteiger partial charge in [-0.15, -0.1) is 0 Å². The lowest BCUT2D eigenvalue weighted by Crippen LogP contribution is -2.20. The Morgan fingerprint density at radius 3 is 2.40 bits per heavy atom. The zero-order chi connectivity index (χ0) is 14.6. The second kappa shape index (κ2) is 6.39. The normalized spacial score (nSPS) is 16.2. The molecule has 1 aliphatic rings. The average Bonchev–Trinajstić information content (AvgIpc) is 3.23. The number of aliphatic hydroxyl groups excluding tert-OH is 1. The highest BCUT2D eigenvalue weighted by Gasteiger charge is 2.41. The van der Waals surface area contributed by atoms with Gasteiger partial charge in [0.2, 0.25) is 0 Å². The second-order valence-corrected chi connectivity index (χ2v) is 6.09. The van der Waals surface area contributed by atoms with Crippen molar-refractivity contribution < 1.29 is 5.11 Å². The van der Waals surface area contributed by atoms with Crippen molar-refractivity contribution in [1.82, 2.24) is 9.97 Å². The summed E-state index contributed by atoms with van der Waals surface area (Å²) < 4.78 is 0. The molecule has 0 saturated heterocycles. The Morgan fingerprint density at radius 2 is 1.90 bits per heavy atom. The number of rotatable bonds is 8. The minimum atomic E-state index is 0.0833. The molecule has 1 aromatic heterocycles. The third kappa shape index (κ3) is 3.82. The summed E-state index contributed by atoms with van der Waals surface area (Å²) in [5.74, 6) is 2.87. The fraction of sp³-hybridized carbons (Fsp3) is 0.733. The number of nitrogens with zero attached hydrogens (tertiary/aromatic N) is 2. The molecule has 3 N–H and O–H groups in total. The fourth-order valence-corrected chi connectivity index (χ4v) is 2.00. The van der Waals surface area contributed by atoms with Crippen LogP contribution in [0.4, 0.5) is 11.6 Å². The molecule has 0 radical (unpaired) electrons. The van der Waals surface area contributed by atoms with Gasteiger partial charge in [0.25, 0.3) is 0 Å². The van der Waals surface area contributed by atoms with E-state index in [0.717, 1.165) is 49.8 Å². The van der Waals surface area contributed by atoms with Crippen LogP contribution in [-0.4, -0.2) is 34.8 Å². The van der Waals surface area contributed by atoms with E-state index >= 15 is 0 Å². The van der Waals surface area contributed by atoms with E-state index in [0.29, 0.717) is 5.92 Å². The van der Waals surface area contributed by atoms with E-state index in [1.54, 1.807) is 0 Å². The summed E-state index contributed by atoms with van der Waals surface area (Å²) in [4.78, 5) is 9.10. The van der Waals surface area contributed by atoms with E-state index in [2.05, 4.69) is 41.4 Å². The van der Waals surface area contributed by atoms with Crippen molar-refractivity contribution in [2.24, 2.45) is 5.41 Å². The van der Waals surface area contributed by atoms with Crippen LogP contribution in [0.3, 0.4) is 0 Å². The van der Waals surface area contributed by atoms with Crippen molar-refractivity contribution in [3.63, 3.8) is 0 Å². The second-order valence-electron chi connectivity index (χ2n) is 6.09. The molecule has 1 heterocycles. The molecule has 0 unspecified atom stereocenters. The van der Waals surface area contributed by atoms with Crippen LogP contribution >= 0.6 is 0 Å². The first-order valence-corrected chi connectivity index (χ1v) is 7.56. The number of anilines is 2. The Bertz CT molecular complexity index is 443. The van der Waals surface area contributed by atoms with Gasteiger partial charge in [0, 0.05) is 30.5 Å². The van der Waals surface area contributed by atoms with Crippen LogP contribution in [0.2, 0.25) is 0 Å². The van der Waals surface area contributed by atoms with Gasteiger partial charge in [-0.3, -0.25) is 0 Å². The first kappa shape index (κ1) is 15.0. The van der Waals surface area contributed by atoms with E-state index in [-0.39, 0.29) is 12.0 Å². The molecule has 0 aromatic carbocycles. The largest absolute Gasteiger partial charge is 0.396 e. The summed E-state index contributed by atoms with van der Waals surface area (Å²) in [5, 5.41) is 16.0. The van der Waals surface area contributed by atoms with E-state index < -0.39 is 0 Å². The van der Waals surface area contributed by atoms with Gasteiger partial charge in [-0.25, -0.2) is 9.97 Å². The lowest BCUT2D eigenvalue weighted by molar-refractivity contribution is 0.219. The highest BCUT2D eigenvalue weighted by atomic mass is 16.3. The molecule has 0 aliphatic heterocycles. The zero-order valence-electron chi connectivity index (χ0n) is 12.7. The summed E-state index contributed by atoms with van der Waals surface area (Å²) >= 11 is 0. The maximum Gasteiger partial charge on any atom is 0.135 e. The summed E-state index contributed by atoms with van der Waals surface area (Å²) in [6.07, 6.45) is 3.26. The van der Waals surface area contributed by atoms with E-state index in [1.807, 2.05) is 6.07 Å². The van der Waals surface area contributed by atoms with Gasteiger partial charge >= 0.3 is 0 Å². The average molecular weight is 278 g/mol. The molecule has 0 atom stereocenters. The maximum absolute atomic E-state index is 9.36. The predicted octanol–water partition coefficient (Wildman–Crippen LogP) is 2.61. The molecule has 1 aliphatic carbocycles. The quantitative estimate of drug-likeness (QED) is 0.682. The zero-order valence-corrected chi connectivity index (χ0v) is 12.7. The Kier molecular flexibility index (Phi) is 4.81. The van der Waals surface area contributed by atoms with Gasteiger partial charge in [0.05, 0.1) is 6.61 Å². The monoisotopic (exact) mass is 278 g/mol. The van der Waals surface area contributed by atoms with E-state index in [9.17, 15) is 5.11 Å². The summed E-state index contributed by atoms with van der Waals surface area (Å²) in [7, 11) is 0. The molecular formula is C15H26N4O. The van der Waals surface area contributed by atoms with Crippen molar-refractivity contribution in [2.75, 3.05) is 30.3 Å². The van der Waals surface area contributed by atoms with Crippen molar-refractivity contribution >= 4 is 11.6 Å². The van der Waals surface area contributed by atoms with Crippen LogP contribution in [0.1, 0.15) is 51.8 Å². The fourth-order valence-electron chi connectivity index (χ4n) is 2.00. The summed E-state index contributed by atoms with van der Waals surface area (Å²) in [5.41, 5.74) is 0.0833.